The summed E-state index contributed by atoms with van der Waals surface area (Å²) in [6.07, 6.45) is 2.24. The number of amides is 19. The number of carbonyl (C=O) groups excluding carboxylic acids is 18. The Bertz CT molecular complexity index is 4150. The molecule has 27 N–H and O–H groups in total. The molecule has 2 aromatic rings. The summed E-state index contributed by atoms with van der Waals surface area (Å²) in [4.78, 5) is 256. The van der Waals surface area contributed by atoms with Crippen LogP contribution in [-0.4, -0.2) is 290 Å². The van der Waals surface area contributed by atoms with Gasteiger partial charge in [-0.15, -0.1) is 0 Å². The lowest BCUT2D eigenvalue weighted by atomic mass is 9.99. The Morgan fingerprint density at radius 3 is 1.45 bits per heavy atom. The molecule has 726 valence electrons. The highest BCUT2D eigenvalue weighted by molar-refractivity contribution is 8.00. The first kappa shape index (κ1) is 112. The molecule has 2 fully saturated rings. The molecule has 14 atom stereocenters. The lowest BCUT2D eigenvalue weighted by molar-refractivity contribution is -0.137. The fourth-order valence-corrected chi connectivity index (χ4v) is 15.4. The number of hydrogen-bond donors (Lipinski definition) is 24. The third-order valence-electron chi connectivity index (χ3n) is 19.8. The number of primary amides is 4. The van der Waals surface area contributed by atoms with E-state index in [4.69, 9.17) is 47.6 Å². The van der Waals surface area contributed by atoms with Crippen molar-refractivity contribution in [3.05, 3.63) is 65.7 Å². The predicted molar refractivity (Wildman–Crippen MR) is 478 cm³/mol. The van der Waals surface area contributed by atoms with Gasteiger partial charge in [-0.2, -0.15) is 37.0 Å². The first-order valence-electron chi connectivity index (χ1n) is 42.4. The zero-order valence-electron chi connectivity index (χ0n) is 73.3. The molecule has 2 aliphatic heterocycles. The van der Waals surface area contributed by atoms with E-state index >= 15 is 0 Å². The topological polar surface area (TPSA) is 721 Å². The number of carbonyl (C=O) groups is 18. The first-order chi connectivity index (χ1) is 61.6. The van der Waals surface area contributed by atoms with Gasteiger partial charge in [0.1, 0.15) is 79.4 Å². The van der Waals surface area contributed by atoms with Gasteiger partial charge in [-0.05, 0) is 87.0 Å². The maximum Gasteiger partial charge on any atom is 0.524 e. The SMILES string of the molecule is CC(C)C[C@H](NC(=O)[C@@H](NC(=O)[C@H](CC(N)=O)NC(=O)[C@H](CS)NC(=O)[C@H](Cc1ccc(OP(=O)(O)O)cc1)NC(=O)[C@H](CS)NC(=O)[C@H](Cc1ccccc1)NC(=O)[C@H](C)N)C(C)C)C(=O)N[C@@H](CC(N)=O)C(=O)N[C@@H](CCC(=O)NCCOCCOCC(=O)NCCOCCOCC(=O)N[C@@H](CCCCNC(=O)CCCCC[C@@H]1SC[C@@H]2NC(=O)N[C@@H]21)C(N)=O)C(N)=O. The molecular formula is C80H127N20O26PS3. The molecule has 2 saturated heterocycles. The van der Waals surface area contributed by atoms with Gasteiger partial charge in [-0.25, -0.2) is 9.36 Å². The number of thiol groups is 2. The molecule has 0 aromatic heterocycles. The van der Waals surface area contributed by atoms with Crippen LogP contribution in [0.4, 0.5) is 4.79 Å². The summed E-state index contributed by atoms with van der Waals surface area (Å²) in [5.74, 6) is -16.5. The van der Waals surface area contributed by atoms with Crippen LogP contribution in [0.25, 0.3) is 0 Å². The first-order valence-corrected chi connectivity index (χ1v) is 46.2. The number of hydrogen-bond acceptors (Lipinski definition) is 28. The summed E-state index contributed by atoms with van der Waals surface area (Å²) in [6, 6.07) is -2.82. The lowest BCUT2D eigenvalue weighted by Gasteiger charge is -2.29. The van der Waals surface area contributed by atoms with Crippen molar-refractivity contribution in [2.75, 3.05) is 89.7 Å². The molecule has 0 bridgehead atoms. The van der Waals surface area contributed by atoms with Gasteiger partial charge in [0.05, 0.1) is 70.6 Å². The van der Waals surface area contributed by atoms with Crippen LogP contribution in [0.2, 0.25) is 0 Å². The maximum absolute atomic E-state index is 14.4. The van der Waals surface area contributed by atoms with Gasteiger partial charge in [-0.3, -0.25) is 91.3 Å². The van der Waals surface area contributed by atoms with E-state index in [1.807, 2.05) is 11.8 Å². The number of fused-ring (bicyclic) bond motifs is 1. The van der Waals surface area contributed by atoms with Crippen molar-refractivity contribution < 1.29 is 124 Å². The zero-order chi connectivity index (χ0) is 96.6. The minimum atomic E-state index is -5.02. The summed E-state index contributed by atoms with van der Waals surface area (Å²) < 4.78 is 37.7. The second-order valence-corrected chi connectivity index (χ2v) is 34.7. The maximum atomic E-state index is 14.4. The number of phosphoric ester groups is 1. The van der Waals surface area contributed by atoms with Crippen LogP contribution < -0.4 is 113 Å². The standard InChI is InChI=1S/C80H127N20O26PS3/c1-44(2)34-52(95-79(117)67(45(3)4)99-76(114)56(38-62(83)102)94-78(116)58(42-129)97-74(112)54(36-48-19-21-49(22-20-48)126-127(119,120)121)92-77(115)57(41-128)96-73(111)53(91-71(109)46(5)81)35-47-14-8-6-9-15-47)72(110)93-55(37-61(82)101)75(113)90-51(70(85)108)23-24-64(104)87-26-28-122-30-32-124-39-65(105)88-27-29-123-31-33-125-40-66(106)89-50(69(84)107)16-12-13-25-86-63(103)18-11-7-10-17-60-68-59(43-130-60)98-80(118)100-68/h6,8-9,14-15,19-22,44-46,50-60,67-68,128-129H,7,10-13,16-18,23-43,81H2,1-5H3,(H2,82,101)(H2,83,102)(H2,84,107)(H2,85,108)(H,86,103)(H,87,104)(H,88,105)(H,89,106)(H,90,113)(H,91,109)(H,92,115)(H,93,110)(H,94,116)(H,95,117)(H,96,111)(H,97,112)(H,99,114)(H2,98,100,118)(H2,119,120,121)/t46-,50-,51-,52-,53-,54-,55-,56-,57-,58-,59-,60-,67-,68-/m0/s1. The zero-order valence-corrected chi connectivity index (χ0v) is 76.8. The van der Waals surface area contributed by atoms with Crippen molar-refractivity contribution in [1.82, 2.24) is 79.8 Å². The smallest absolute Gasteiger partial charge is 0.404 e. The lowest BCUT2D eigenvalue weighted by Crippen LogP contribution is -2.62. The molecule has 0 saturated carbocycles. The van der Waals surface area contributed by atoms with Crippen LogP contribution in [-0.2, 0) is 118 Å². The molecule has 4 rings (SSSR count). The van der Waals surface area contributed by atoms with Crippen molar-refractivity contribution in [2.45, 2.75) is 215 Å². The van der Waals surface area contributed by atoms with Crippen molar-refractivity contribution in [3.63, 3.8) is 0 Å². The number of unbranched alkanes of at least 4 members (excludes halogenated alkanes) is 3. The van der Waals surface area contributed by atoms with Crippen LogP contribution in [0.15, 0.2) is 54.6 Å². The largest absolute Gasteiger partial charge is 0.524 e. The van der Waals surface area contributed by atoms with E-state index < -0.39 is 200 Å². The molecule has 2 aliphatic rings. The van der Waals surface area contributed by atoms with Gasteiger partial charge < -0.3 is 132 Å². The third-order valence-corrected chi connectivity index (χ3v) is 22.5. The van der Waals surface area contributed by atoms with Crippen LogP contribution in [0, 0.1) is 11.8 Å². The molecule has 46 nitrogen and oxygen atoms in total. The normalized spacial score (nSPS) is 16.5. The van der Waals surface area contributed by atoms with Gasteiger partial charge in [0.15, 0.2) is 0 Å². The Morgan fingerprint density at radius 1 is 0.469 bits per heavy atom. The van der Waals surface area contributed by atoms with E-state index in [0.29, 0.717) is 36.6 Å². The van der Waals surface area contributed by atoms with E-state index in [1.165, 1.54) is 32.9 Å². The Morgan fingerprint density at radius 2 is 0.923 bits per heavy atom. The van der Waals surface area contributed by atoms with Crippen molar-refractivity contribution in [1.29, 1.82) is 0 Å². The minimum absolute atomic E-state index is 0.00561. The molecule has 2 heterocycles. The Balaban J connectivity index is 1.20. The predicted octanol–water partition coefficient (Wildman–Crippen LogP) is -6.10. The van der Waals surface area contributed by atoms with Gasteiger partial charge in [0, 0.05) is 67.8 Å². The van der Waals surface area contributed by atoms with Crippen molar-refractivity contribution in [3.8, 4) is 5.75 Å². The van der Waals surface area contributed by atoms with Gasteiger partial charge in [-0.1, -0.05) is 83.0 Å². The average Bonchev–Trinajstić information content (AvgIpc) is 1.65. The van der Waals surface area contributed by atoms with E-state index in [2.05, 4.69) is 110 Å². The van der Waals surface area contributed by atoms with Crippen molar-refractivity contribution >= 4 is 151 Å². The molecule has 0 unspecified atom stereocenters. The van der Waals surface area contributed by atoms with E-state index in [1.54, 1.807) is 44.2 Å². The highest BCUT2D eigenvalue weighted by Crippen LogP contribution is 2.38. The summed E-state index contributed by atoms with van der Waals surface area (Å²) in [5.41, 5.74) is 28.8. The molecule has 50 heteroatoms. The number of urea groups is 1. The molecule has 0 aliphatic carbocycles. The van der Waals surface area contributed by atoms with Crippen LogP contribution in [0.5, 0.6) is 5.75 Å². The summed E-state index contributed by atoms with van der Waals surface area (Å²) >= 11 is 10.4. The number of nitrogens with two attached hydrogens (primary N) is 5. The van der Waals surface area contributed by atoms with Gasteiger partial charge in [0.2, 0.25) is 100 Å². The summed E-state index contributed by atoms with van der Waals surface area (Å²) in [6.45, 7) is 7.74. The quantitative estimate of drug-likeness (QED) is 0.0127. The molecule has 19 amide bonds. The number of phosphoric acid groups is 1. The minimum Gasteiger partial charge on any atom is -0.404 e. The Kier molecular flexibility index (Phi) is 51.4. The number of thioether (sulfide) groups is 1. The fourth-order valence-electron chi connectivity index (χ4n) is 13.0. The highest BCUT2D eigenvalue weighted by atomic mass is 32.2. The monoisotopic (exact) mass is 1910 g/mol. The molecule has 130 heavy (non-hydrogen) atoms. The number of benzene rings is 2. The Hall–Kier alpha value is -10.5. The highest BCUT2D eigenvalue weighted by Gasteiger charge is 2.43. The fraction of sp³-hybridized carbons (Fsp3) is 0.625. The summed E-state index contributed by atoms with van der Waals surface area (Å²) in [7, 11) is -5.02. The molecule has 0 spiro atoms. The van der Waals surface area contributed by atoms with Crippen molar-refractivity contribution in [2.24, 2.45) is 40.5 Å². The van der Waals surface area contributed by atoms with Gasteiger partial charge in [0.25, 0.3) is 0 Å². The Labute approximate surface area is 767 Å². The second kappa shape index (κ2) is 59.7. The van der Waals surface area contributed by atoms with Crippen LogP contribution in [0.1, 0.15) is 129 Å². The van der Waals surface area contributed by atoms with E-state index in [9.17, 15) is 101 Å². The van der Waals surface area contributed by atoms with Gasteiger partial charge >= 0.3 is 13.9 Å². The van der Waals surface area contributed by atoms with Crippen LogP contribution in [0.3, 0.4) is 0 Å². The molecule has 2 aromatic carbocycles. The second-order valence-electron chi connectivity index (χ2n) is 31.5. The average molecular weight is 1910 g/mol. The van der Waals surface area contributed by atoms with E-state index in [-0.39, 0.29) is 145 Å². The molecular weight excluding hydrogens is 1780 g/mol. The number of nitrogens with one attached hydrogen (secondary N) is 15. The number of rotatable bonds is 66. The van der Waals surface area contributed by atoms with E-state index in [0.717, 1.165) is 43.6 Å². The van der Waals surface area contributed by atoms with Crippen LogP contribution >= 0.6 is 44.8 Å². The number of ether oxygens (including phenoxy) is 4. The molecule has 0 radical (unpaired) electrons. The third kappa shape index (κ3) is 44.9. The summed E-state index contributed by atoms with van der Waals surface area (Å²) in [5, 5.41) is 38.8.